The van der Waals surface area contributed by atoms with Crippen molar-refractivity contribution in [3.05, 3.63) is 12.3 Å². The van der Waals surface area contributed by atoms with Crippen molar-refractivity contribution < 1.29 is 19.1 Å². The summed E-state index contributed by atoms with van der Waals surface area (Å²) in [6, 6.07) is 0. The standard InChI is InChI=1S/C15H25NO4/c1-11(2)19-13(17)9-12-7-6-8-16(10-12)14(18)20-15(3,4)5/h12H,1,6-10H2,2-5H3. The molecule has 1 rings (SSSR count). The molecule has 1 saturated heterocycles. The monoisotopic (exact) mass is 283 g/mol. The molecule has 1 aliphatic rings. The van der Waals surface area contributed by atoms with Gasteiger partial charge in [-0.05, 0) is 46.5 Å². The maximum Gasteiger partial charge on any atom is 0.410 e. The van der Waals surface area contributed by atoms with Gasteiger partial charge in [0.25, 0.3) is 0 Å². The molecule has 1 heterocycles. The number of rotatable bonds is 3. The number of carbonyl (C=O) groups excluding carboxylic acids is 2. The Hall–Kier alpha value is -1.52. The molecule has 1 fully saturated rings. The summed E-state index contributed by atoms with van der Waals surface area (Å²) in [7, 11) is 0. The molecule has 0 radical (unpaired) electrons. The summed E-state index contributed by atoms with van der Waals surface area (Å²) in [6.07, 6.45) is 1.80. The number of hydrogen-bond donors (Lipinski definition) is 0. The van der Waals surface area contributed by atoms with Crippen LogP contribution in [-0.2, 0) is 14.3 Å². The Morgan fingerprint density at radius 3 is 2.55 bits per heavy atom. The van der Waals surface area contributed by atoms with Crippen molar-refractivity contribution in [1.29, 1.82) is 0 Å². The molecule has 114 valence electrons. The minimum Gasteiger partial charge on any atom is -0.444 e. The van der Waals surface area contributed by atoms with Gasteiger partial charge < -0.3 is 14.4 Å². The molecule has 1 aliphatic heterocycles. The van der Waals surface area contributed by atoms with E-state index in [1.54, 1.807) is 11.8 Å². The van der Waals surface area contributed by atoms with E-state index in [4.69, 9.17) is 9.47 Å². The number of likely N-dealkylation sites (tertiary alicyclic amines) is 1. The fourth-order valence-electron chi connectivity index (χ4n) is 2.20. The zero-order chi connectivity index (χ0) is 15.3. The molecule has 0 aromatic rings. The topological polar surface area (TPSA) is 55.8 Å². The highest BCUT2D eigenvalue weighted by atomic mass is 16.6. The fourth-order valence-corrected chi connectivity index (χ4v) is 2.20. The Morgan fingerprint density at radius 2 is 2.00 bits per heavy atom. The van der Waals surface area contributed by atoms with Crippen LogP contribution in [0.4, 0.5) is 4.79 Å². The lowest BCUT2D eigenvalue weighted by Crippen LogP contribution is -2.43. The van der Waals surface area contributed by atoms with Gasteiger partial charge in [0.05, 0.1) is 12.2 Å². The second-order valence-electron chi connectivity index (χ2n) is 6.31. The Balaban J connectivity index is 2.48. The molecule has 0 aromatic carbocycles. The zero-order valence-electron chi connectivity index (χ0n) is 12.9. The third kappa shape index (κ3) is 6.08. The number of allylic oxidation sites excluding steroid dienone is 1. The molecule has 0 aromatic heterocycles. The van der Waals surface area contributed by atoms with Crippen LogP contribution in [0.3, 0.4) is 0 Å². The van der Waals surface area contributed by atoms with Crippen LogP contribution < -0.4 is 0 Å². The Labute approximate surface area is 120 Å². The summed E-state index contributed by atoms with van der Waals surface area (Å²) in [6.45, 7) is 11.9. The average molecular weight is 283 g/mol. The lowest BCUT2D eigenvalue weighted by atomic mass is 9.95. The number of hydrogen-bond acceptors (Lipinski definition) is 4. The predicted octanol–water partition coefficient (Wildman–Crippen LogP) is 3.10. The van der Waals surface area contributed by atoms with Gasteiger partial charge in [-0.2, -0.15) is 0 Å². The van der Waals surface area contributed by atoms with Crippen molar-refractivity contribution in [1.82, 2.24) is 4.90 Å². The molecular formula is C15H25NO4. The molecule has 0 N–H and O–H groups in total. The number of esters is 1. The Kier molecular flexibility index (Phi) is 5.60. The van der Waals surface area contributed by atoms with E-state index < -0.39 is 5.60 Å². The van der Waals surface area contributed by atoms with Crippen LogP contribution in [0.5, 0.6) is 0 Å². The highest BCUT2D eigenvalue weighted by Crippen LogP contribution is 2.22. The smallest absolute Gasteiger partial charge is 0.410 e. The number of ether oxygens (including phenoxy) is 2. The van der Waals surface area contributed by atoms with Gasteiger partial charge in [-0.25, -0.2) is 4.79 Å². The molecule has 1 unspecified atom stereocenters. The minimum atomic E-state index is -0.497. The second-order valence-corrected chi connectivity index (χ2v) is 6.31. The van der Waals surface area contributed by atoms with Crippen molar-refractivity contribution in [3.8, 4) is 0 Å². The second kappa shape index (κ2) is 6.77. The molecule has 5 nitrogen and oxygen atoms in total. The van der Waals surface area contributed by atoms with Crippen LogP contribution in [0.25, 0.3) is 0 Å². The third-order valence-electron chi connectivity index (χ3n) is 2.91. The largest absolute Gasteiger partial charge is 0.444 e. The van der Waals surface area contributed by atoms with Gasteiger partial charge in [0.2, 0.25) is 0 Å². The van der Waals surface area contributed by atoms with Gasteiger partial charge in [-0.3, -0.25) is 4.79 Å². The quantitative estimate of drug-likeness (QED) is 0.590. The van der Waals surface area contributed by atoms with E-state index in [1.165, 1.54) is 0 Å². The van der Waals surface area contributed by atoms with Gasteiger partial charge in [0, 0.05) is 13.1 Å². The average Bonchev–Trinajstić information content (AvgIpc) is 2.25. The lowest BCUT2D eigenvalue weighted by molar-refractivity contribution is -0.140. The van der Waals surface area contributed by atoms with E-state index in [0.717, 1.165) is 12.8 Å². The lowest BCUT2D eigenvalue weighted by Gasteiger charge is -2.33. The van der Waals surface area contributed by atoms with Gasteiger partial charge in [0.15, 0.2) is 0 Å². The molecule has 1 atom stereocenters. The van der Waals surface area contributed by atoms with E-state index in [0.29, 0.717) is 25.3 Å². The van der Waals surface area contributed by atoms with E-state index in [-0.39, 0.29) is 18.0 Å². The van der Waals surface area contributed by atoms with E-state index in [1.807, 2.05) is 20.8 Å². The van der Waals surface area contributed by atoms with Crippen LogP contribution in [0.15, 0.2) is 12.3 Å². The predicted molar refractivity (Wildman–Crippen MR) is 76.1 cm³/mol. The van der Waals surface area contributed by atoms with E-state index in [9.17, 15) is 9.59 Å². The van der Waals surface area contributed by atoms with Gasteiger partial charge in [-0.15, -0.1) is 0 Å². The maximum atomic E-state index is 12.0. The van der Waals surface area contributed by atoms with Crippen molar-refractivity contribution in [2.45, 2.75) is 52.6 Å². The van der Waals surface area contributed by atoms with Crippen molar-refractivity contribution in [2.24, 2.45) is 5.92 Å². The summed E-state index contributed by atoms with van der Waals surface area (Å²) in [5.41, 5.74) is -0.497. The Morgan fingerprint density at radius 1 is 1.35 bits per heavy atom. The van der Waals surface area contributed by atoms with E-state index in [2.05, 4.69) is 6.58 Å². The normalized spacial score (nSPS) is 19.4. The van der Waals surface area contributed by atoms with Crippen LogP contribution >= 0.6 is 0 Å². The molecule has 1 amide bonds. The number of amides is 1. The summed E-state index contributed by atoms with van der Waals surface area (Å²) in [4.78, 5) is 25.3. The highest BCUT2D eigenvalue weighted by molar-refractivity contribution is 5.71. The number of piperidine rings is 1. The molecule has 5 heteroatoms. The van der Waals surface area contributed by atoms with E-state index >= 15 is 0 Å². The Bertz CT molecular complexity index is 384. The number of nitrogens with zero attached hydrogens (tertiary/aromatic N) is 1. The molecular weight excluding hydrogens is 258 g/mol. The van der Waals surface area contributed by atoms with Crippen molar-refractivity contribution in [3.63, 3.8) is 0 Å². The van der Waals surface area contributed by atoms with Crippen molar-refractivity contribution >= 4 is 12.1 Å². The SMILES string of the molecule is C=C(C)OC(=O)CC1CCCN(C(=O)OC(C)(C)C)C1. The first-order valence-electron chi connectivity index (χ1n) is 7.01. The maximum absolute atomic E-state index is 12.0. The molecule has 0 saturated carbocycles. The van der Waals surface area contributed by atoms with Gasteiger partial charge in [-0.1, -0.05) is 6.58 Å². The van der Waals surface area contributed by atoms with Crippen LogP contribution in [0, 0.1) is 5.92 Å². The fraction of sp³-hybridized carbons (Fsp3) is 0.733. The van der Waals surface area contributed by atoms with Crippen LogP contribution in [-0.4, -0.2) is 35.7 Å². The van der Waals surface area contributed by atoms with Crippen LogP contribution in [0.1, 0.15) is 47.0 Å². The van der Waals surface area contributed by atoms with Gasteiger partial charge in [0.1, 0.15) is 5.60 Å². The summed E-state index contributed by atoms with van der Waals surface area (Å²) in [5.74, 6) is 0.242. The molecule has 0 aliphatic carbocycles. The molecule has 0 bridgehead atoms. The first-order valence-corrected chi connectivity index (χ1v) is 7.01. The summed E-state index contributed by atoms with van der Waals surface area (Å²) in [5, 5.41) is 0. The zero-order valence-corrected chi connectivity index (χ0v) is 12.9. The first-order chi connectivity index (χ1) is 9.17. The summed E-state index contributed by atoms with van der Waals surface area (Å²) < 4.78 is 10.3. The minimum absolute atomic E-state index is 0.128. The highest BCUT2D eigenvalue weighted by Gasteiger charge is 2.28. The third-order valence-corrected chi connectivity index (χ3v) is 2.91. The molecule has 0 spiro atoms. The van der Waals surface area contributed by atoms with Crippen LogP contribution in [0.2, 0.25) is 0 Å². The first kappa shape index (κ1) is 16.5. The number of carbonyl (C=O) groups is 2. The molecule has 20 heavy (non-hydrogen) atoms. The van der Waals surface area contributed by atoms with Gasteiger partial charge >= 0.3 is 12.1 Å². The van der Waals surface area contributed by atoms with Crippen molar-refractivity contribution in [2.75, 3.05) is 13.1 Å². The summed E-state index contributed by atoms with van der Waals surface area (Å²) >= 11 is 0.